The summed E-state index contributed by atoms with van der Waals surface area (Å²) in [7, 11) is 0. The fourth-order valence-corrected chi connectivity index (χ4v) is 2.12. The predicted molar refractivity (Wildman–Crippen MR) is 40.3 cm³/mol. The molecule has 3 unspecified atom stereocenters. The van der Waals surface area contributed by atoms with Crippen molar-refractivity contribution in [2.24, 2.45) is 17.8 Å². The Balaban J connectivity index is 2.33. The van der Waals surface area contributed by atoms with Crippen LogP contribution >= 0.6 is 12.6 Å². The van der Waals surface area contributed by atoms with Crippen LogP contribution in [0.2, 0.25) is 0 Å². The maximum absolute atomic E-state index is 4.37. The summed E-state index contributed by atoms with van der Waals surface area (Å²) in [4.78, 5) is 0. The Hall–Kier alpha value is 0.350. The molecule has 1 rings (SSSR count). The highest BCUT2D eigenvalue weighted by atomic mass is 32.1. The molecule has 8 heavy (non-hydrogen) atoms. The molecule has 0 aliphatic heterocycles. The van der Waals surface area contributed by atoms with E-state index in [9.17, 15) is 0 Å². The zero-order chi connectivity index (χ0) is 6.31. The lowest BCUT2D eigenvalue weighted by Gasteiger charge is -1.97. The minimum Gasteiger partial charge on any atom is -0.176 e. The van der Waals surface area contributed by atoms with E-state index in [0.717, 1.165) is 17.8 Å². The largest absolute Gasteiger partial charge is 0.176 e. The SMILES string of the molecule is CC(S)C1C(C)C1C. The Morgan fingerprint density at radius 3 is 1.62 bits per heavy atom. The summed E-state index contributed by atoms with van der Waals surface area (Å²) in [5, 5.41) is 0.611. The second-order valence-corrected chi connectivity index (χ2v) is 3.85. The van der Waals surface area contributed by atoms with E-state index in [-0.39, 0.29) is 0 Å². The van der Waals surface area contributed by atoms with Gasteiger partial charge in [-0.2, -0.15) is 12.6 Å². The van der Waals surface area contributed by atoms with Crippen molar-refractivity contribution < 1.29 is 0 Å². The van der Waals surface area contributed by atoms with Crippen molar-refractivity contribution in [3.05, 3.63) is 0 Å². The van der Waals surface area contributed by atoms with Crippen LogP contribution in [-0.2, 0) is 0 Å². The van der Waals surface area contributed by atoms with Gasteiger partial charge in [-0.25, -0.2) is 0 Å². The Bertz CT molecular complexity index is 73.6. The molecule has 0 N–H and O–H groups in total. The first-order chi connectivity index (χ1) is 3.64. The Labute approximate surface area is 57.1 Å². The molecule has 1 saturated carbocycles. The molecule has 1 heteroatoms. The van der Waals surface area contributed by atoms with Crippen LogP contribution in [-0.4, -0.2) is 5.25 Å². The van der Waals surface area contributed by atoms with Crippen molar-refractivity contribution in [1.29, 1.82) is 0 Å². The highest BCUT2D eigenvalue weighted by Gasteiger charge is 2.44. The smallest absolute Gasteiger partial charge is 0.00220 e. The molecule has 48 valence electrons. The predicted octanol–water partition coefficient (Wildman–Crippen LogP) is 2.21. The zero-order valence-corrected chi connectivity index (χ0v) is 6.65. The monoisotopic (exact) mass is 130 g/mol. The molecular weight excluding hydrogens is 116 g/mol. The molecule has 0 aromatic rings. The van der Waals surface area contributed by atoms with Crippen molar-refractivity contribution in [2.75, 3.05) is 0 Å². The fraction of sp³-hybridized carbons (Fsp3) is 1.00. The summed E-state index contributed by atoms with van der Waals surface area (Å²) in [5.74, 6) is 2.77. The van der Waals surface area contributed by atoms with E-state index >= 15 is 0 Å². The van der Waals surface area contributed by atoms with Crippen LogP contribution in [0.5, 0.6) is 0 Å². The standard InChI is InChI=1S/C7H14S/c1-4-5(2)7(4)6(3)8/h4-8H,1-3H3. The summed E-state index contributed by atoms with van der Waals surface area (Å²) in [5.41, 5.74) is 0. The molecule has 0 aromatic carbocycles. The quantitative estimate of drug-likeness (QED) is 0.517. The van der Waals surface area contributed by atoms with Gasteiger partial charge in [-0.1, -0.05) is 20.8 Å². The van der Waals surface area contributed by atoms with E-state index in [1.54, 1.807) is 0 Å². The Morgan fingerprint density at radius 2 is 1.62 bits per heavy atom. The van der Waals surface area contributed by atoms with Crippen LogP contribution in [0.3, 0.4) is 0 Å². The first kappa shape index (κ1) is 6.47. The number of thiol groups is 1. The van der Waals surface area contributed by atoms with Crippen molar-refractivity contribution in [3.8, 4) is 0 Å². The number of hydrogen-bond acceptors (Lipinski definition) is 1. The number of rotatable bonds is 1. The zero-order valence-electron chi connectivity index (χ0n) is 5.76. The van der Waals surface area contributed by atoms with Gasteiger partial charge in [0.25, 0.3) is 0 Å². The van der Waals surface area contributed by atoms with Gasteiger partial charge in [0.1, 0.15) is 0 Å². The normalized spacial score (nSPS) is 48.8. The van der Waals surface area contributed by atoms with Gasteiger partial charge >= 0.3 is 0 Å². The molecule has 3 atom stereocenters. The molecule has 0 bridgehead atoms. The van der Waals surface area contributed by atoms with Crippen LogP contribution in [0.4, 0.5) is 0 Å². The summed E-state index contributed by atoms with van der Waals surface area (Å²) >= 11 is 4.37. The highest BCUT2D eigenvalue weighted by Crippen LogP contribution is 2.48. The van der Waals surface area contributed by atoms with Gasteiger partial charge in [-0.05, 0) is 17.8 Å². The summed E-state index contributed by atoms with van der Waals surface area (Å²) < 4.78 is 0. The molecule has 0 nitrogen and oxygen atoms in total. The van der Waals surface area contributed by atoms with Crippen LogP contribution in [0.1, 0.15) is 20.8 Å². The third-order valence-electron chi connectivity index (χ3n) is 2.46. The molecule has 0 radical (unpaired) electrons. The maximum atomic E-state index is 4.37. The minimum absolute atomic E-state index is 0.611. The number of hydrogen-bond donors (Lipinski definition) is 1. The van der Waals surface area contributed by atoms with E-state index in [2.05, 4.69) is 33.4 Å². The molecule has 0 aromatic heterocycles. The average molecular weight is 130 g/mol. The van der Waals surface area contributed by atoms with Crippen LogP contribution in [0, 0.1) is 17.8 Å². The van der Waals surface area contributed by atoms with Gasteiger partial charge in [0.2, 0.25) is 0 Å². The molecule has 0 spiro atoms. The molecule has 0 heterocycles. The van der Waals surface area contributed by atoms with Crippen LogP contribution < -0.4 is 0 Å². The molecule has 1 aliphatic rings. The summed E-state index contributed by atoms with van der Waals surface area (Å²) in [6.07, 6.45) is 0. The summed E-state index contributed by atoms with van der Waals surface area (Å²) in [6, 6.07) is 0. The molecule has 1 aliphatic carbocycles. The molecule has 0 amide bonds. The van der Waals surface area contributed by atoms with Crippen molar-refractivity contribution >= 4 is 12.6 Å². The van der Waals surface area contributed by atoms with Crippen molar-refractivity contribution in [1.82, 2.24) is 0 Å². The fourth-order valence-electron chi connectivity index (χ4n) is 1.58. The van der Waals surface area contributed by atoms with E-state index in [4.69, 9.17) is 0 Å². The third-order valence-corrected chi connectivity index (χ3v) is 2.80. The average Bonchev–Trinajstić information content (AvgIpc) is 2.15. The third kappa shape index (κ3) is 0.883. The molecule has 1 fully saturated rings. The van der Waals surface area contributed by atoms with Crippen molar-refractivity contribution in [2.45, 2.75) is 26.0 Å². The van der Waals surface area contributed by atoms with E-state index < -0.39 is 0 Å². The van der Waals surface area contributed by atoms with Gasteiger partial charge in [-0.15, -0.1) is 0 Å². The first-order valence-corrected chi connectivity index (χ1v) is 3.84. The van der Waals surface area contributed by atoms with E-state index in [1.165, 1.54) is 0 Å². The maximum Gasteiger partial charge on any atom is 0.00220 e. The second kappa shape index (κ2) is 1.94. The molecular formula is C7H14S. The van der Waals surface area contributed by atoms with E-state index in [1.807, 2.05) is 0 Å². The van der Waals surface area contributed by atoms with Gasteiger partial charge in [0, 0.05) is 5.25 Å². The second-order valence-electron chi connectivity index (χ2n) is 3.04. The van der Waals surface area contributed by atoms with E-state index in [0.29, 0.717) is 5.25 Å². The Morgan fingerprint density at radius 1 is 1.25 bits per heavy atom. The first-order valence-electron chi connectivity index (χ1n) is 3.32. The minimum atomic E-state index is 0.611. The van der Waals surface area contributed by atoms with Gasteiger partial charge in [-0.3, -0.25) is 0 Å². The van der Waals surface area contributed by atoms with Crippen LogP contribution in [0.25, 0.3) is 0 Å². The lowest BCUT2D eigenvalue weighted by Crippen LogP contribution is -1.95. The van der Waals surface area contributed by atoms with Crippen LogP contribution in [0.15, 0.2) is 0 Å². The van der Waals surface area contributed by atoms with Crippen molar-refractivity contribution in [3.63, 3.8) is 0 Å². The van der Waals surface area contributed by atoms with Gasteiger partial charge < -0.3 is 0 Å². The van der Waals surface area contributed by atoms with Gasteiger partial charge in [0.05, 0.1) is 0 Å². The highest BCUT2D eigenvalue weighted by molar-refractivity contribution is 7.80. The lowest BCUT2D eigenvalue weighted by atomic mass is 10.2. The lowest BCUT2D eigenvalue weighted by molar-refractivity contribution is 0.728. The Kier molecular flexibility index (Phi) is 1.57. The van der Waals surface area contributed by atoms with Gasteiger partial charge in [0.15, 0.2) is 0 Å². The topological polar surface area (TPSA) is 0 Å². The summed E-state index contributed by atoms with van der Waals surface area (Å²) in [6.45, 7) is 6.80. The molecule has 0 saturated heterocycles.